The van der Waals surface area contributed by atoms with Gasteiger partial charge >= 0.3 is 0 Å². The second-order valence-electron chi connectivity index (χ2n) is 3.84. The fourth-order valence-electron chi connectivity index (χ4n) is 1.64. The number of H-pyrrole nitrogens is 1. The largest absolute Gasteiger partial charge is 0.366 e. The van der Waals surface area contributed by atoms with Gasteiger partial charge in [0, 0.05) is 28.9 Å². The summed E-state index contributed by atoms with van der Waals surface area (Å²) in [5.41, 5.74) is 7.21. The summed E-state index contributed by atoms with van der Waals surface area (Å²) in [6.45, 7) is 3.52. The number of allylic oxidation sites excluding steroid dienone is 2. The highest BCUT2D eigenvalue weighted by Crippen LogP contribution is 2.21. The number of primary amides is 1. The lowest BCUT2D eigenvalue weighted by Gasteiger charge is -1.93. The van der Waals surface area contributed by atoms with E-state index in [4.69, 9.17) is 17.3 Å². The van der Waals surface area contributed by atoms with E-state index in [0.29, 0.717) is 10.6 Å². The lowest BCUT2D eigenvalue weighted by atomic mass is 10.2. The summed E-state index contributed by atoms with van der Waals surface area (Å²) in [6.07, 6.45) is 9.98. The van der Waals surface area contributed by atoms with Gasteiger partial charge in [-0.3, -0.25) is 4.79 Å². The third kappa shape index (κ3) is 2.92. The summed E-state index contributed by atoms with van der Waals surface area (Å²) < 4.78 is 0. The molecule has 0 fully saturated rings. The zero-order valence-electron chi connectivity index (χ0n) is 10.1. The molecular weight excluding hydrogens is 262 g/mol. The van der Waals surface area contributed by atoms with Crippen molar-refractivity contribution in [3.63, 3.8) is 0 Å². The highest BCUT2D eigenvalue weighted by atomic mass is 35.5. The molecule has 0 saturated carbocycles. The molecule has 0 bridgehead atoms. The van der Waals surface area contributed by atoms with Crippen LogP contribution in [0.2, 0.25) is 5.02 Å². The van der Waals surface area contributed by atoms with Crippen LogP contribution < -0.4 is 5.73 Å². The summed E-state index contributed by atoms with van der Waals surface area (Å²) in [5, 5.41) is 1.48. The van der Waals surface area contributed by atoms with Crippen molar-refractivity contribution in [1.82, 2.24) is 9.97 Å². The minimum atomic E-state index is -0.511. The molecule has 2 heterocycles. The molecule has 0 aliphatic rings. The van der Waals surface area contributed by atoms with Crippen LogP contribution in [0.5, 0.6) is 0 Å². The maximum Gasteiger partial charge on any atom is 0.248 e. The summed E-state index contributed by atoms with van der Waals surface area (Å²) >= 11 is 5.91. The number of carbonyl (C=O) groups excluding carboxylic acids is 1. The highest BCUT2D eigenvalue weighted by Gasteiger charge is 2.02. The first-order valence-corrected chi connectivity index (χ1v) is 5.93. The van der Waals surface area contributed by atoms with E-state index in [1.54, 1.807) is 18.3 Å². The Kier molecular flexibility index (Phi) is 3.82. The SMILES string of the molecule is C=C/C(=C\C=C\c1c[nH]c2ncc(Cl)cc12)C(N)=O. The zero-order chi connectivity index (χ0) is 13.8. The maximum atomic E-state index is 11.0. The second-order valence-corrected chi connectivity index (χ2v) is 4.28. The number of aromatic nitrogens is 2. The number of nitrogens with one attached hydrogen (secondary N) is 1. The monoisotopic (exact) mass is 273 g/mol. The molecule has 4 nitrogen and oxygen atoms in total. The van der Waals surface area contributed by atoms with Gasteiger partial charge in [-0.15, -0.1) is 0 Å². The first-order chi connectivity index (χ1) is 9.11. The van der Waals surface area contributed by atoms with Crippen molar-refractivity contribution in [2.75, 3.05) is 0 Å². The molecule has 0 aliphatic heterocycles. The number of aromatic amines is 1. The molecule has 19 heavy (non-hydrogen) atoms. The topological polar surface area (TPSA) is 71.8 Å². The number of fused-ring (bicyclic) bond motifs is 1. The predicted molar refractivity (Wildman–Crippen MR) is 77.6 cm³/mol. The van der Waals surface area contributed by atoms with Crippen LogP contribution in [0.3, 0.4) is 0 Å². The molecule has 2 aromatic rings. The zero-order valence-corrected chi connectivity index (χ0v) is 10.8. The fourth-order valence-corrected chi connectivity index (χ4v) is 1.80. The van der Waals surface area contributed by atoms with Gasteiger partial charge in [-0.25, -0.2) is 4.98 Å². The van der Waals surface area contributed by atoms with Crippen LogP contribution in [-0.2, 0) is 4.79 Å². The molecule has 0 aromatic carbocycles. The second kappa shape index (κ2) is 5.54. The lowest BCUT2D eigenvalue weighted by molar-refractivity contribution is -0.114. The first kappa shape index (κ1) is 13.1. The fraction of sp³-hybridized carbons (Fsp3) is 0. The number of pyridine rings is 1. The van der Waals surface area contributed by atoms with Crippen LogP contribution >= 0.6 is 11.6 Å². The van der Waals surface area contributed by atoms with E-state index in [1.807, 2.05) is 18.3 Å². The van der Waals surface area contributed by atoms with Crippen LogP contribution in [0.1, 0.15) is 5.56 Å². The maximum absolute atomic E-state index is 11.0. The molecule has 5 heteroatoms. The normalized spacial score (nSPS) is 12.2. The van der Waals surface area contributed by atoms with E-state index in [9.17, 15) is 4.79 Å². The van der Waals surface area contributed by atoms with Crippen LogP contribution in [0.15, 0.2) is 48.8 Å². The molecule has 1 amide bonds. The number of nitrogens with zero attached hydrogens (tertiary/aromatic N) is 1. The minimum absolute atomic E-state index is 0.354. The van der Waals surface area contributed by atoms with Crippen molar-refractivity contribution in [2.45, 2.75) is 0 Å². The van der Waals surface area contributed by atoms with Crippen LogP contribution in [-0.4, -0.2) is 15.9 Å². The number of hydrogen-bond acceptors (Lipinski definition) is 2. The van der Waals surface area contributed by atoms with E-state index < -0.39 is 5.91 Å². The van der Waals surface area contributed by atoms with Crippen LogP contribution in [0.4, 0.5) is 0 Å². The number of rotatable bonds is 4. The Morgan fingerprint density at radius 1 is 1.53 bits per heavy atom. The Hall–Kier alpha value is -2.33. The third-order valence-corrected chi connectivity index (χ3v) is 2.79. The average Bonchev–Trinajstić information content (AvgIpc) is 2.76. The molecule has 0 radical (unpaired) electrons. The van der Waals surface area contributed by atoms with Crippen molar-refractivity contribution >= 4 is 34.6 Å². The Labute approximate surface area is 115 Å². The van der Waals surface area contributed by atoms with Crippen LogP contribution in [0, 0.1) is 0 Å². The number of carbonyl (C=O) groups is 1. The predicted octanol–water partition coefficient (Wildman–Crippen LogP) is 2.83. The lowest BCUT2D eigenvalue weighted by Crippen LogP contribution is -2.11. The van der Waals surface area contributed by atoms with Gasteiger partial charge in [0.1, 0.15) is 5.65 Å². The van der Waals surface area contributed by atoms with E-state index in [2.05, 4.69) is 16.5 Å². The van der Waals surface area contributed by atoms with Gasteiger partial charge in [-0.2, -0.15) is 0 Å². The Balaban J connectivity index is 2.33. The van der Waals surface area contributed by atoms with Gasteiger partial charge in [0.05, 0.1) is 5.02 Å². The van der Waals surface area contributed by atoms with Crippen molar-refractivity contribution in [1.29, 1.82) is 0 Å². The van der Waals surface area contributed by atoms with Gasteiger partial charge in [-0.1, -0.05) is 36.4 Å². The average molecular weight is 274 g/mol. The number of hydrogen-bond donors (Lipinski definition) is 2. The molecule has 0 spiro atoms. The van der Waals surface area contributed by atoms with E-state index >= 15 is 0 Å². The summed E-state index contributed by atoms with van der Waals surface area (Å²) in [5.74, 6) is -0.511. The summed E-state index contributed by atoms with van der Waals surface area (Å²) in [6, 6.07) is 1.83. The smallest absolute Gasteiger partial charge is 0.248 e. The number of halogens is 1. The molecule has 0 aliphatic carbocycles. The number of amides is 1. The molecule has 2 rings (SSSR count). The minimum Gasteiger partial charge on any atom is -0.366 e. The molecule has 0 unspecified atom stereocenters. The summed E-state index contributed by atoms with van der Waals surface area (Å²) in [4.78, 5) is 18.2. The van der Waals surface area contributed by atoms with Gasteiger partial charge in [0.2, 0.25) is 5.91 Å². The quantitative estimate of drug-likeness (QED) is 0.664. The molecule has 3 N–H and O–H groups in total. The molecule has 2 aromatic heterocycles. The molecule has 0 atom stereocenters. The molecular formula is C14H12ClN3O. The Bertz CT molecular complexity index is 698. The van der Waals surface area contributed by atoms with Crippen molar-refractivity contribution < 1.29 is 4.79 Å². The third-order valence-electron chi connectivity index (χ3n) is 2.59. The van der Waals surface area contributed by atoms with Crippen molar-refractivity contribution in [3.8, 4) is 0 Å². The van der Waals surface area contributed by atoms with Crippen molar-refractivity contribution in [3.05, 3.63) is 59.4 Å². The highest BCUT2D eigenvalue weighted by molar-refractivity contribution is 6.31. The van der Waals surface area contributed by atoms with E-state index in [-0.39, 0.29) is 0 Å². The summed E-state index contributed by atoms with van der Waals surface area (Å²) in [7, 11) is 0. The molecule has 0 saturated heterocycles. The van der Waals surface area contributed by atoms with E-state index in [0.717, 1.165) is 16.6 Å². The van der Waals surface area contributed by atoms with Crippen molar-refractivity contribution in [2.24, 2.45) is 5.73 Å². The van der Waals surface area contributed by atoms with Gasteiger partial charge < -0.3 is 10.7 Å². The van der Waals surface area contributed by atoms with E-state index in [1.165, 1.54) is 6.08 Å². The first-order valence-electron chi connectivity index (χ1n) is 5.55. The molecule has 96 valence electrons. The van der Waals surface area contributed by atoms with Gasteiger partial charge in [-0.05, 0) is 12.1 Å². The Morgan fingerprint density at radius 2 is 2.32 bits per heavy atom. The van der Waals surface area contributed by atoms with Gasteiger partial charge in [0.25, 0.3) is 0 Å². The van der Waals surface area contributed by atoms with Crippen LogP contribution in [0.25, 0.3) is 17.1 Å². The standard InChI is InChI=1S/C14H12ClN3O/c1-2-9(13(16)19)4-3-5-10-7-17-14-12(10)6-11(15)8-18-14/h2-8H,1H2,(H2,16,19)(H,17,18)/b5-3+,9-4+. The number of nitrogens with two attached hydrogens (primary N) is 1. The Morgan fingerprint density at radius 3 is 3.00 bits per heavy atom. The van der Waals surface area contributed by atoms with Gasteiger partial charge in [0.15, 0.2) is 0 Å².